The Morgan fingerprint density at radius 2 is 2.22 bits per heavy atom. The van der Waals surface area contributed by atoms with E-state index in [9.17, 15) is 9.59 Å². The molecular weight excluding hydrogens is 256 g/mol. The van der Waals surface area contributed by atoms with Crippen LogP contribution in [-0.2, 0) is 11.3 Å². The van der Waals surface area contributed by atoms with Crippen molar-refractivity contribution in [2.75, 3.05) is 6.61 Å². The van der Waals surface area contributed by atoms with Gasteiger partial charge in [0, 0.05) is 17.9 Å². The van der Waals surface area contributed by atoms with Crippen molar-refractivity contribution >= 4 is 23.3 Å². The van der Waals surface area contributed by atoms with E-state index >= 15 is 0 Å². The van der Waals surface area contributed by atoms with Gasteiger partial charge < -0.3 is 20.8 Å². The zero-order valence-electron chi connectivity index (χ0n) is 9.97. The SMILES string of the molecule is Cc1ccsc1CNC(=O)NC(CCO)C(=O)O. The van der Waals surface area contributed by atoms with E-state index in [1.807, 2.05) is 18.4 Å². The van der Waals surface area contributed by atoms with Crippen molar-refractivity contribution in [1.82, 2.24) is 10.6 Å². The molecule has 0 saturated carbocycles. The minimum Gasteiger partial charge on any atom is -0.480 e. The van der Waals surface area contributed by atoms with Crippen molar-refractivity contribution in [1.29, 1.82) is 0 Å². The van der Waals surface area contributed by atoms with Crippen molar-refractivity contribution < 1.29 is 19.8 Å². The number of rotatable bonds is 6. The molecule has 100 valence electrons. The van der Waals surface area contributed by atoms with Crippen LogP contribution in [0.4, 0.5) is 4.79 Å². The summed E-state index contributed by atoms with van der Waals surface area (Å²) in [7, 11) is 0. The lowest BCUT2D eigenvalue weighted by Gasteiger charge is -2.13. The second kappa shape index (κ2) is 6.97. The number of thiophene rings is 1. The average Bonchev–Trinajstić information content (AvgIpc) is 2.71. The Bertz CT molecular complexity index is 419. The van der Waals surface area contributed by atoms with Gasteiger partial charge in [0.15, 0.2) is 0 Å². The van der Waals surface area contributed by atoms with E-state index in [0.717, 1.165) is 10.4 Å². The predicted molar refractivity (Wildman–Crippen MR) is 67.6 cm³/mol. The minimum atomic E-state index is -1.16. The highest BCUT2D eigenvalue weighted by atomic mass is 32.1. The molecule has 0 aliphatic rings. The van der Waals surface area contributed by atoms with Crippen LogP contribution in [0.5, 0.6) is 0 Å². The first-order valence-electron chi connectivity index (χ1n) is 5.45. The number of carboxylic acids is 1. The van der Waals surface area contributed by atoms with E-state index in [4.69, 9.17) is 10.2 Å². The van der Waals surface area contributed by atoms with Crippen molar-refractivity contribution in [3.63, 3.8) is 0 Å². The summed E-state index contributed by atoms with van der Waals surface area (Å²) in [5, 5.41) is 24.3. The highest BCUT2D eigenvalue weighted by Gasteiger charge is 2.18. The number of carbonyl (C=O) groups excluding carboxylic acids is 1. The van der Waals surface area contributed by atoms with E-state index in [0.29, 0.717) is 6.54 Å². The molecule has 1 heterocycles. The van der Waals surface area contributed by atoms with Gasteiger partial charge in [0.25, 0.3) is 0 Å². The van der Waals surface area contributed by atoms with Crippen molar-refractivity contribution in [3.8, 4) is 0 Å². The molecule has 1 unspecified atom stereocenters. The quantitative estimate of drug-likeness (QED) is 0.612. The number of carboxylic acid groups (broad SMARTS) is 1. The molecular formula is C11H16N2O4S. The number of nitrogens with one attached hydrogen (secondary N) is 2. The molecule has 2 amide bonds. The topological polar surface area (TPSA) is 98.7 Å². The molecule has 7 heteroatoms. The fraction of sp³-hybridized carbons (Fsp3) is 0.455. The largest absolute Gasteiger partial charge is 0.480 e. The van der Waals surface area contributed by atoms with Crippen LogP contribution in [0.3, 0.4) is 0 Å². The molecule has 0 bridgehead atoms. The first-order valence-corrected chi connectivity index (χ1v) is 6.33. The third-order valence-electron chi connectivity index (χ3n) is 2.40. The van der Waals surface area contributed by atoms with Gasteiger partial charge in [-0.1, -0.05) is 0 Å². The summed E-state index contributed by atoms with van der Waals surface area (Å²) in [5.41, 5.74) is 1.09. The molecule has 0 aliphatic heterocycles. The van der Waals surface area contributed by atoms with E-state index < -0.39 is 18.0 Å². The van der Waals surface area contributed by atoms with Gasteiger partial charge in [-0.15, -0.1) is 11.3 Å². The molecule has 18 heavy (non-hydrogen) atoms. The van der Waals surface area contributed by atoms with Crippen molar-refractivity contribution in [2.24, 2.45) is 0 Å². The van der Waals surface area contributed by atoms with Crippen LogP contribution in [0, 0.1) is 6.92 Å². The molecule has 1 rings (SSSR count). The van der Waals surface area contributed by atoms with Gasteiger partial charge in [0.1, 0.15) is 6.04 Å². The smallest absolute Gasteiger partial charge is 0.326 e. The van der Waals surface area contributed by atoms with Gasteiger partial charge in [-0.25, -0.2) is 9.59 Å². The lowest BCUT2D eigenvalue weighted by Crippen LogP contribution is -2.46. The number of carbonyl (C=O) groups is 2. The Labute approximate surface area is 109 Å². The van der Waals surface area contributed by atoms with Crippen LogP contribution >= 0.6 is 11.3 Å². The minimum absolute atomic E-state index is 0.0131. The number of urea groups is 1. The predicted octanol–water partition coefficient (Wildman–Crippen LogP) is 0.691. The Morgan fingerprint density at radius 1 is 1.50 bits per heavy atom. The Kier molecular flexibility index (Phi) is 5.60. The lowest BCUT2D eigenvalue weighted by atomic mass is 10.2. The van der Waals surface area contributed by atoms with E-state index in [-0.39, 0.29) is 13.0 Å². The summed E-state index contributed by atoms with van der Waals surface area (Å²) in [5.74, 6) is -1.16. The Morgan fingerprint density at radius 3 is 2.72 bits per heavy atom. The first kappa shape index (κ1) is 14.5. The summed E-state index contributed by atoms with van der Waals surface area (Å²) in [6.07, 6.45) is -0.0131. The molecule has 0 saturated heterocycles. The molecule has 1 aromatic rings. The normalized spacial score (nSPS) is 11.9. The number of hydrogen-bond acceptors (Lipinski definition) is 4. The van der Waals surface area contributed by atoms with Crippen LogP contribution in [0.2, 0.25) is 0 Å². The van der Waals surface area contributed by atoms with E-state index in [1.165, 1.54) is 11.3 Å². The monoisotopic (exact) mass is 272 g/mol. The first-order chi connectivity index (χ1) is 8.54. The van der Waals surface area contributed by atoms with Crippen LogP contribution in [-0.4, -0.2) is 34.9 Å². The lowest BCUT2D eigenvalue weighted by molar-refractivity contribution is -0.139. The van der Waals surface area contributed by atoms with Crippen LogP contribution in [0.15, 0.2) is 11.4 Å². The average molecular weight is 272 g/mol. The van der Waals surface area contributed by atoms with Gasteiger partial charge >= 0.3 is 12.0 Å². The maximum absolute atomic E-state index is 11.5. The molecule has 1 atom stereocenters. The number of aliphatic hydroxyl groups is 1. The van der Waals surface area contributed by atoms with Gasteiger partial charge in [-0.05, 0) is 23.9 Å². The third kappa shape index (κ3) is 4.34. The van der Waals surface area contributed by atoms with Crippen LogP contribution < -0.4 is 10.6 Å². The summed E-state index contributed by atoms with van der Waals surface area (Å²) in [6.45, 7) is 2.01. The zero-order valence-corrected chi connectivity index (χ0v) is 10.8. The molecule has 0 radical (unpaired) electrons. The van der Waals surface area contributed by atoms with E-state index in [1.54, 1.807) is 0 Å². The van der Waals surface area contributed by atoms with Gasteiger partial charge in [0.05, 0.1) is 6.54 Å². The number of hydrogen-bond donors (Lipinski definition) is 4. The fourth-order valence-electron chi connectivity index (χ4n) is 1.34. The highest BCUT2D eigenvalue weighted by molar-refractivity contribution is 7.10. The summed E-state index contributed by atoms with van der Waals surface area (Å²) < 4.78 is 0. The molecule has 6 nitrogen and oxygen atoms in total. The summed E-state index contributed by atoms with van der Waals surface area (Å²) in [6, 6.07) is 0.328. The Hall–Kier alpha value is -1.60. The number of aryl methyl sites for hydroxylation is 1. The number of aliphatic hydroxyl groups excluding tert-OH is 1. The second-order valence-corrected chi connectivity index (χ2v) is 4.76. The maximum atomic E-state index is 11.5. The van der Waals surface area contributed by atoms with Crippen molar-refractivity contribution in [2.45, 2.75) is 25.9 Å². The zero-order chi connectivity index (χ0) is 13.5. The number of aliphatic carboxylic acids is 1. The standard InChI is InChI=1S/C11H16N2O4S/c1-7-3-5-18-9(7)6-12-11(17)13-8(2-4-14)10(15)16/h3,5,8,14H,2,4,6H2,1H3,(H,15,16)(H2,12,13,17). The molecule has 0 aliphatic carbocycles. The second-order valence-electron chi connectivity index (χ2n) is 3.76. The molecule has 0 spiro atoms. The molecule has 4 N–H and O–H groups in total. The van der Waals surface area contributed by atoms with Crippen molar-refractivity contribution in [3.05, 3.63) is 21.9 Å². The van der Waals surface area contributed by atoms with Crippen LogP contribution in [0.25, 0.3) is 0 Å². The molecule has 0 aromatic carbocycles. The summed E-state index contributed by atoms with van der Waals surface area (Å²) >= 11 is 1.53. The Balaban J connectivity index is 2.41. The number of amides is 2. The van der Waals surface area contributed by atoms with E-state index in [2.05, 4.69) is 10.6 Å². The summed E-state index contributed by atoms with van der Waals surface area (Å²) in [4.78, 5) is 23.3. The van der Waals surface area contributed by atoms with Gasteiger partial charge in [-0.3, -0.25) is 0 Å². The highest BCUT2D eigenvalue weighted by Crippen LogP contribution is 2.14. The van der Waals surface area contributed by atoms with Crippen LogP contribution in [0.1, 0.15) is 16.9 Å². The molecule has 0 fully saturated rings. The fourth-order valence-corrected chi connectivity index (χ4v) is 2.19. The van der Waals surface area contributed by atoms with Gasteiger partial charge in [-0.2, -0.15) is 0 Å². The third-order valence-corrected chi connectivity index (χ3v) is 3.42. The van der Waals surface area contributed by atoms with Gasteiger partial charge in [0.2, 0.25) is 0 Å². The molecule has 1 aromatic heterocycles. The maximum Gasteiger partial charge on any atom is 0.326 e.